The van der Waals surface area contributed by atoms with Gasteiger partial charge in [0.2, 0.25) is 5.91 Å². The van der Waals surface area contributed by atoms with E-state index >= 15 is 0 Å². The number of fused-ring (bicyclic) bond motifs is 2. The third-order valence-electron chi connectivity index (χ3n) is 5.65. The first kappa shape index (κ1) is 17.2. The summed E-state index contributed by atoms with van der Waals surface area (Å²) in [7, 11) is 0. The maximum absolute atomic E-state index is 13.2. The summed E-state index contributed by atoms with van der Waals surface area (Å²) in [4.78, 5) is 31.1. The lowest BCUT2D eigenvalue weighted by Crippen LogP contribution is -2.36. The van der Waals surface area contributed by atoms with Gasteiger partial charge in [-0.2, -0.15) is 0 Å². The summed E-state index contributed by atoms with van der Waals surface area (Å²) < 4.78 is 0. The molecule has 1 atom stereocenters. The van der Waals surface area contributed by atoms with Crippen LogP contribution in [-0.4, -0.2) is 23.3 Å². The first-order valence-electron chi connectivity index (χ1n) is 9.53. The van der Waals surface area contributed by atoms with Crippen molar-refractivity contribution in [3.05, 3.63) is 87.6 Å². The van der Waals surface area contributed by atoms with Crippen molar-refractivity contribution >= 4 is 28.8 Å². The Morgan fingerprint density at radius 1 is 1.00 bits per heavy atom. The highest BCUT2D eigenvalue weighted by molar-refractivity contribution is 7.10. The van der Waals surface area contributed by atoms with Gasteiger partial charge >= 0.3 is 0 Å². The number of carbonyl (C=O) groups is 2. The Morgan fingerprint density at radius 3 is 2.57 bits per heavy atom. The zero-order valence-electron chi connectivity index (χ0n) is 15.4. The number of hydrogen-bond donors (Lipinski definition) is 0. The molecule has 0 radical (unpaired) electrons. The zero-order chi connectivity index (χ0) is 19.1. The summed E-state index contributed by atoms with van der Waals surface area (Å²) >= 11 is 1.60. The normalized spacial score (nSPS) is 16.2. The van der Waals surface area contributed by atoms with Crippen molar-refractivity contribution in [2.45, 2.75) is 25.4 Å². The van der Waals surface area contributed by atoms with E-state index in [2.05, 4.69) is 6.07 Å². The second-order valence-corrected chi connectivity index (χ2v) is 8.23. The summed E-state index contributed by atoms with van der Waals surface area (Å²) in [6.07, 6.45) is 1.19. The van der Waals surface area contributed by atoms with Gasteiger partial charge in [0.05, 0.1) is 12.5 Å². The summed E-state index contributed by atoms with van der Waals surface area (Å²) in [5.74, 6) is 0.0933. The van der Waals surface area contributed by atoms with Gasteiger partial charge in [-0.1, -0.05) is 42.5 Å². The van der Waals surface area contributed by atoms with Crippen LogP contribution in [0.2, 0.25) is 0 Å². The molecule has 0 aliphatic carbocycles. The van der Waals surface area contributed by atoms with Crippen molar-refractivity contribution in [2.24, 2.45) is 0 Å². The molecule has 2 aromatic carbocycles. The van der Waals surface area contributed by atoms with Crippen LogP contribution >= 0.6 is 11.3 Å². The number of benzene rings is 2. The molecule has 1 aromatic heterocycles. The van der Waals surface area contributed by atoms with Gasteiger partial charge in [-0.15, -0.1) is 11.3 Å². The highest BCUT2D eigenvalue weighted by atomic mass is 32.1. The van der Waals surface area contributed by atoms with Crippen LogP contribution in [0.5, 0.6) is 0 Å². The van der Waals surface area contributed by atoms with E-state index in [4.69, 9.17) is 0 Å². The topological polar surface area (TPSA) is 40.6 Å². The Kier molecular flexibility index (Phi) is 4.24. The molecule has 0 unspecified atom stereocenters. The molecular formula is C23H20N2O2S. The number of amides is 2. The van der Waals surface area contributed by atoms with Crippen LogP contribution in [0, 0.1) is 0 Å². The SMILES string of the molecule is O=C(C[C@H](c1cccs1)N1Cc2ccccc2C1=O)N1CCc2ccccc21. The molecule has 140 valence electrons. The fourth-order valence-corrected chi connectivity index (χ4v) is 5.09. The molecule has 0 fully saturated rings. The minimum atomic E-state index is -0.236. The molecule has 2 aliphatic rings. The second-order valence-electron chi connectivity index (χ2n) is 7.25. The number of rotatable bonds is 4. The van der Waals surface area contributed by atoms with Crippen LogP contribution in [0.15, 0.2) is 66.0 Å². The van der Waals surface area contributed by atoms with Gasteiger partial charge in [0.15, 0.2) is 0 Å². The first-order chi connectivity index (χ1) is 13.7. The maximum atomic E-state index is 13.2. The fourth-order valence-electron chi connectivity index (χ4n) is 4.25. The quantitative estimate of drug-likeness (QED) is 0.664. The van der Waals surface area contributed by atoms with Gasteiger partial charge in [0.25, 0.3) is 5.91 Å². The molecule has 4 nitrogen and oxygen atoms in total. The van der Waals surface area contributed by atoms with Crippen LogP contribution in [-0.2, 0) is 17.8 Å². The lowest BCUT2D eigenvalue weighted by Gasteiger charge is -2.28. The summed E-state index contributed by atoms with van der Waals surface area (Å²) in [5.41, 5.74) is 4.01. The van der Waals surface area contributed by atoms with Gasteiger partial charge in [-0.3, -0.25) is 9.59 Å². The number of anilines is 1. The molecule has 0 saturated heterocycles. The summed E-state index contributed by atoms with van der Waals surface area (Å²) in [5, 5.41) is 2.01. The molecule has 2 aliphatic heterocycles. The van der Waals surface area contributed by atoms with Crippen LogP contribution in [0.4, 0.5) is 5.69 Å². The van der Waals surface area contributed by atoms with Crippen molar-refractivity contribution in [1.82, 2.24) is 4.90 Å². The molecule has 5 heteroatoms. The molecule has 0 spiro atoms. The Hall–Kier alpha value is -2.92. The second kappa shape index (κ2) is 6.91. The molecule has 3 heterocycles. The zero-order valence-corrected chi connectivity index (χ0v) is 16.2. The van der Waals surface area contributed by atoms with Crippen molar-refractivity contribution in [2.75, 3.05) is 11.4 Å². The standard InChI is InChI=1S/C23H20N2O2S/c26-22(24-12-11-16-6-2-4-9-19(16)24)14-20(21-10-5-13-28-21)25-15-17-7-1-3-8-18(17)23(25)27/h1-10,13,20H,11-12,14-15H2/t20-/m1/s1. The Bertz CT molecular complexity index is 1040. The molecule has 2 amide bonds. The van der Waals surface area contributed by atoms with E-state index in [-0.39, 0.29) is 17.9 Å². The number of carbonyl (C=O) groups excluding carboxylic acids is 2. The Morgan fingerprint density at radius 2 is 1.79 bits per heavy atom. The number of nitrogens with zero attached hydrogens (tertiary/aromatic N) is 2. The predicted octanol–water partition coefficient (Wildman–Crippen LogP) is 4.42. The average molecular weight is 388 g/mol. The summed E-state index contributed by atoms with van der Waals surface area (Å²) in [6.45, 7) is 1.27. The van der Waals surface area contributed by atoms with E-state index in [1.165, 1.54) is 5.56 Å². The molecule has 0 N–H and O–H groups in total. The van der Waals surface area contributed by atoms with Gasteiger partial charge in [-0.25, -0.2) is 0 Å². The molecular weight excluding hydrogens is 368 g/mol. The van der Waals surface area contributed by atoms with Gasteiger partial charge in [0.1, 0.15) is 0 Å². The van der Waals surface area contributed by atoms with Crippen LogP contribution in [0.25, 0.3) is 0 Å². The monoisotopic (exact) mass is 388 g/mol. The minimum absolute atomic E-state index is 0.0172. The Balaban J connectivity index is 1.43. The van der Waals surface area contributed by atoms with Crippen LogP contribution in [0.1, 0.15) is 38.8 Å². The lowest BCUT2D eigenvalue weighted by atomic mass is 10.1. The van der Waals surface area contributed by atoms with E-state index in [1.807, 2.05) is 69.8 Å². The van der Waals surface area contributed by atoms with Crippen LogP contribution in [0.3, 0.4) is 0 Å². The third kappa shape index (κ3) is 2.83. The number of para-hydroxylation sites is 1. The van der Waals surface area contributed by atoms with E-state index in [0.717, 1.165) is 28.1 Å². The molecule has 3 aromatic rings. The molecule has 5 rings (SSSR count). The van der Waals surface area contributed by atoms with Gasteiger partial charge in [-0.05, 0) is 41.1 Å². The number of hydrogen-bond acceptors (Lipinski definition) is 3. The van der Waals surface area contributed by atoms with Gasteiger partial charge < -0.3 is 9.80 Å². The largest absolute Gasteiger partial charge is 0.326 e. The average Bonchev–Trinajstić information content (AvgIpc) is 3.46. The smallest absolute Gasteiger partial charge is 0.255 e. The van der Waals surface area contributed by atoms with E-state index < -0.39 is 0 Å². The first-order valence-corrected chi connectivity index (χ1v) is 10.4. The van der Waals surface area contributed by atoms with Crippen molar-refractivity contribution in [3.63, 3.8) is 0 Å². The predicted molar refractivity (Wildman–Crippen MR) is 110 cm³/mol. The van der Waals surface area contributed by atoms with Crippen LogP contribution < -0.4 is 4.90 Å². The molecule has 0 bridgehead atoms. The number of thiophene rings is 1. The molecule has 0 saturated carbocycles. The van der Waals surface area contributed by atoms with Crippen molar-refractivity contribution < 1.29 is 9.59 Å². The molecule has 28 heavy (non-hydrogen) atoms. The third-order valence-corrected chi connectivity index (χ3v) is 6.63. The fraction of sp³-hybridized carbons (Fsp3) is 0.217. The Labute approximate surface area is 168 Å². The minimum Gasteiger partial charge on any atom is -0.326 e. The highest BCUT2D eigenvalue weighted by Crippen LogP contribution is 2.37. The van der Waals surface area contributed by atoms with Crippen molar-refractivity contribution in [3.8, 4) is 0 Å². The lowest BCUT2D eigenvalue weighted by molar-refractivity contribution is -0.119. The van der Waals surface area contributed by atoms with E-state index in [1.54, 1.807) is 11.3 Å². The van der Waals surface area contributed by atoms with E-state index in [9.17, 15) is 9.59 Å². The van der Waals surface area contributed by atoms with Crippen molar-refractivity contribution in [1.29, 1.82) is 0 Å². The van der Waals surface area contributed by atoms with E-state index in [0.29, 0.717) is 19.5 Å². The summed E-state index contributed by atoms with van der Waals surface area (Å²) in [6, 6.07) is 19.6. The maximum Gasteiger partial charge on any atom is 0.255 e. The highest BCUT2D eigenvalue weighted by Gasteiger charge is 2.36. The van der Waals surface area contributed by atoms with Gasteiger partial charge in [0, 0.05) is 29.2 Å².